The van der Waals surface area contributed by atoms with Gasteiger partial charge >= 0.3 is 0 Å². The zero-order valence-electron chi connectivity index (χ0n) is 14.9. The first-order chi connectivity index (χ1) is 12.1. The molecular formula is C19H25N5O. The molecule has 6 heteroatoms. The first-order valence-corrected chi connectivity index (χ1v) is 8.78. The van der Waals surface area contributed by atoms with E-state index in [2.05, 4.69) is 34.0 Å². The molecule has 2 aromatic rings. The van der Waals surface area contributed by atoms with Gasteiger partial charge in [-0.1, -0.05) is 19.9 Å². The second-order valence-corrected chi connectivity index (χ2v) is 6.67. The fourth-order valence-electron chi connectivity index (χ4n) is 2.82. The topological polar surface area (TPSA) is 61.4 Å². The summed E-state index contributed by atoms with van der Waals surface area (Å²) in [6, 6.07) is 9.64. The molecule has 25 heavy (non-hydrogen) atoms. The molecule has 3 rings (SSSR count). The summed E-state index contributed by atoms with van der Waals surface area (Å²) >= 11 is 0. The van der Waals surface area contributed by atoms with Gasteiger partial charge in [0.1, 0.15) is 11.5 Å². The number of carbonyl (C=O) groups is 1. The maximum absolute atomic E-state index is 12.7. The van der Waals surface area contributed by atoms with Crippen molar-refractivity contribution in [2.24, 2.45) is 5.92 Å². The lowest BCUT2D eigenvalue weighted by Gasteiger charge is -2.35. The molecule has 2 aromatic heterocycles. The van der Waals surface area contributed by atoms with Crippen molar-refractivity contribution in [2.75, 3.05) is 42.9 Å². The van der Waals surface area contributed by atoms with E-state index in [1.54, 1.807) is 12.4 Å². The highest BCUT2D eigenvalue weighted by atomic mass is 16.2. The minimum absolute atomic E-state index is 0.00568. The lowest BCUT2D eigenvalue weighted by Crippen LogP contribution is -2.49. The SMILES string of the molecule is CC(C)CNc1ccnc(C(=O)N2CCN(c3ccccn3)CC2)c1. The summed E-state index contributed by atoms with van der Waals surface area (Å²) in [4.78, 5) is 25.5. The van der Waals surface area contributed by atoms with Crippen LogP contribution < -0.4 is 10.2 Å². The van der Waals surface area contributed by atoms with E-state index in [1.165, 1.54) is 0 Å². The Morgan fingerprint density at radius 3 is 2.60 bits per heavy atom. The van der Waals surface area contributed by atoms with E-state index < -0.39 is 0 Å². The zero-order valence-corrected chi connectivity index (χ0v) is 14.9. The highest BCUT2D eigenvalue weighted by Gasteiger charge is 2.23. The van der Waals surface area contributed by atoms with E-state index in [-0.39, 0.29) is 5.91 Å². The van der Waals surface area contributed by atoms with E-state index in [9.17, 15) is 4.79 Å². The Kier molecular flexibility index (Phi) is 5.48. The number of anilines is 2. The highest BCUT2D eigenvalue weighted by molar-refractivity contribution is 5.93. The summed E-state index contributed by atoms with van der Waals surface area (Å²) in [5.74, 6) is 1.51. The fraction of sp³-hybridized carbons (Fsp3) is 0.421. The van der Waals surface area contributed by atoms with Crippen LogP contribution in [0.5, 0.6) is 0 Å². The second kappa shape index (κ2) is 7.96. The summed E-state index contributed by atoms with van der Waals surface area (Å²) in [7, 11) is 0. The number of nitrogens with zero attached hydrogens (tertiary/aromatic N) is 4. The molecule has 0 radical (unpaired) electrons. The van der Waals surface area contributed by atoms with Crippen LogP contribution in [-0.4, -0.2) is 53.5 Å². The minimum Gasteiger partial charge on any atom is -0.385 e. The standard InChI is InChI=1S/C19H25N5O/c1-15(2)14-22-16-6-8-20-17(13-16)19(25)24-11-9-23(10-12-24)18-5-3-4-7-21-18/h3-8,13,15H,9-12,14H2,1-2H3,(H,20,22). The minimum atomic E-state index is -0.00568. The number of nitrogens with one attached hydrogen (secondary N) is 1. The van der Waals surface area contributed by atoms with Crippen molar-refractivity contribution < 1.29 is 4.79 Å². The maximum atomic E-state index is 12.7. The molecule has 1 N–H and O–H groups in total. The maximum Gasteiger partial charge on any atom is 0.272 e. The quantitative estimate of drug-likeness (QED) is 0.907. The van der Waals surface area contributed by atoms with E-state index in [1.807, 2.05) is 35.2 Å². The molecular weight excluding hydrogens is 314 g/mol. The molecule has 0 aromatic carbocycles. The van der Waals surface area contributed by atoms with Crippen LogP contribution in [0.2, 0.25) is 0 Å². The Bertz CT molecular complexity index is 696. The third kappa shape index (κ3) is 4.47. The predicted molar refractivity (Wildman–Crippen MR) is 99.9 cm³/mol. The van der Waals surface area contributed by atoms with Gasteiger partial charge in [-0.25, -0.2) is 4.98 Å². The predicted octanol–water partition coefficient (Wildman–Crippen LogP) is 2.51. The molecule has 1 aliphatic heterocycles. The van der Waals surface area contributed by atoms with Crippen molar-refractivity contribution in [3.05, 3.63) is 48.4 Å². The van der Waals surface area contributed by atoms with Crippen molar-refractivity contribution in [1.82, 2.24) is 14.9 Å². The van der Waals surface area contributed by atoms with Crippen LogP contribution in [0, 0.1) is 5.92 Å². The molecule has 1 amide bonds. The van der Waals surface area contributed by atoms with Crippen molar-refractivity contribution in [2.45, 2.75) is 13.8 Å². The average molecular weight is 339 g/mol. The molecule has 3 heterocycles. The lowest BCUT2D eigenvalue weighted by atomic mass is 10.2. The fourth-order valence-corrected chi connectivity index (χ4v) is 2.82. The van der Waals surface area contributed by atoms with Crippen LogP contribution in [0.1, 0.15) is 24.3 Å². The molecule has 0 atom stereocenters. The molecule has 0 bridgehead atoms. The largest absolute Gasteiger partial charge is 0.385 e. The van der Waals surface area contributed by atoms with E-state index >= 15 is 0 Å². The van der Waals surface area contributed by atoms with Gasteiger partial charge in [-0.2, -0.15) is 0 Å². The number of aromatic nitrogens is 2. The second-order valence-electron chi connectivity index (χ2n) is 6.67. The van der Waals surface area contributed by atoms with Gasteiger partial charge in [-0.3, -0.25) is 9.78 Å². The van der Waals surface area contributed by atoms with Crippen LogP contribution in [0.25, 0.3) is 0 Å². The van der Waals surface area contributed by atoms with Gasteiger partial charge in [0.25, 0.3) is 5.91 Å². The number of piperazine rings is 1. The van der Waals surface area contributed by atoms with Gasteiger partial charge < -0.3 is 15.1 Å². The first kappa shape index (κ1) is 17.2. The van der Waals surface area contributed by atoms with Gasteiger partial charge in [0.15, 0.2) is 0 Å². The Morgan fingerprint density at radius 2 is 1.92 bits per heavy atom. The molecule has 1 saturated heterocycles. The Hall–Kier alpha value is -2.63. The Morgan fingerprint density at radius 1 is 1.12 bits per heavy atom. The number of hydrogen-bond donors (Lipinski definition) is 1. The summed E-state index contributed by atoms with van der Waals surface area (Å²) in [5.41, 5.74) is 1.44. The highest BCUT2D eigenvalue weighted by Crippen LogP contribution is 2.15. The lowest BCUT2D eigenvalue weighted by molar-refractivity contribution is 0.0740. The van der Waals surface area contributed by atoms with Gasteiger partial charge in [-0.05, 0) is 30.2 Å². The normalized spacial score (nSPS) is 14.7. The molecule has 1 aliphatic rings. The van der Waals surface area contributed by atoms with E-state index in [4.69, 9.17) is 0 Å². The van der Waals surface area contributed by atoms with Crippen LogP contribution in [0.3, 0.4) is 0 Å². The number of carbonyl (C=O) groups excluding carboxylic acids is 1. The summed E-state index contributed by atoms with van der Waals surface area (Å²) in [6.07, 6.45) is 3.49. The smallest absolute Gasteiger partial charge is 0.272 e. The Balaban J connectivity index is 1.60. The molecule has 0 unspecified atom stereocenters. The van der Waals surface area contributed by atoms with Crippen molar-refractivity contribution in [1.29, 1.82) is 0 Å². The van der Waals surface area contributed by atoms with E-state index in [0.717, 1.165) is 31.1 Å². The van der Waals surface area contributed by atoms with Crippen LogP contribution in [0.15, 0.2) is 42.7 Å². The Labute approximate surface area is 148 Å². The van der Waals surface area contributed by atoms with Crippen molar-refractivity contribution in [3.63, 3.8) is 0 Å². The third-order valence-electron chi connectivity index (χ3n) is 4.23. The number of hydrogen-bond acceptors (Lipinski definition) is 5. The monoisotopic (exact) mass is 339 g/mol. The molecule has 6 nitrogen and oxygen atoms in total. The molecule has 0 aliphatic carbocycles. The summed E-state index contributed by atoms with van der Waals surface area (Å²) in [5, 5.41) is 3.34. The molecule has 132 valence electrons. The number of amides is 1. The number of rotatable bonds is 5. The van der Waals surface area contributed by atoms with Crippen LogP contribution in [0.4, 0.5) is 11.5 Å². The van der Waals surface area contributed by atoms with Crippen molar-refractivity contribution in [3.8, 4) is 0 Å². The van der Waals surface area contributed by atoms with Crippen LogP contribution in [-0.2, 0) is 0 Å². The molecule has 1 fully saturated rings. The van der Waals surface area contributed by atoms with Gasteiger partial charge in [0, 0.05) is 50.8 Å². The van der Waals surface area contributed by atoms with Gasteiger partial charge in [0.2, 0.25) is 0 Å². The molecule has 0 spiro atoms. The van der Waals surface area contributed by atoms with Gasteiger partial charge in [-0.15, -0.1) is 0 Å². The first-order valence-electron chi connectivity index (χ1n) is 8.78. The van der Waals surface area contributed by atoms with Crippen molar-refractivity contribution >= 4 is 17.4 Å². The van der Waals surface area contributed by atoms with Gasteiger partial charge in [0.05, 0.1) is 0 Å². The molecule has 0 saturated carbocycles. The van der Waals surface area contributed by atoms with Crippen LogP contribution >= 0.6 is 0 Å². The summed E-state index contributed by atoms with van der Waals surface area (Å²) in [6.45, 7) is 8.12. The zero-order chi connectivity index (χ0) is 17.6. The van der Waals surface area contributed by atoms with E-state index in [0.29, 0.717) is 24.7 Å². The average Bonchev–Trinajstić information content (AvgIpc) is 2.67. The summed E-state index contributed by atoms with van der Waals surface area (Å²) < 4.78 is 0. The third-order valence-corrected chi connectivity index (χ3v) is 4.23. The number of pyridine rings is 2.